The van der Waals surface area contributed by atoms with Gasteiger partial charge in [-0.25, -0.2) is 4.98 Å². The minimum atomic E-state index is -0.853. The highest BCUT2D eigenvalue weighted by molar-refractivity contribution is 7.09. The monoisotopic (exact) mass is 305 g/mol. The van der Waals surface area contributed by atoms with Gasteiger partial charge in [0, 0.05) is 11.8 Å². The highest BCUT2D eigenvalue weighted by Gasteiger charge is 2.06. The van der Waals surface area contributed by atoms with Gasteiger partial charge in [0.15, 0.2) is 0 Å². The number of hydrogen-bond acceptors (Lipinski definition) is 4. The number of rotatable bonds is 7. The van der Waals surface area contributed by atoms with E-state index in [1.165, 1.54) is 16.9 Å². The fourth-order valence-corrected chi connectivity index (χ4v) is 2.68. The molecule has 0 saturated heterocycles. The Morgan fingerprint density at radius 1 is 1.33 bits per heavy atom. The van der Waals surface area contributed by atoms with Crippen LogP contribution in [0, 0.1) is 0 Å². The molecule has 0 saturated carbocycles. The van der Waals surface area contributed by atoms with Crippen LogP contribution in [0.1, 0.15) is 36.0 Å². The van der Waals surface area contributed by atoms with Crippen molar-refractivity contribution < 1.29 is 14.6 Å². The van der Waals surface area contributed by atoms with Gasteiger partial charge in [-0.1, -0.05) is 26.0 Å². The average molecular weight is 305 g/mol. The van der Waals surface area contributed by atoms with E-state index in [1.54, 1.807) is 5.38 Å². The van der Waals surface area contributed by atoms with Crippen molar-refractivity contribution in [1.82, 2.24) is 4.98 Å². The van der Waals surface area contributed by atoms with Crippen LogP contribution in [0.5, 0.6) is 5.75 Å². The summed E-state index contributed by atoms with van der Waals surface area (Å²) in [4.78, 5) is 14.9. The fourth-order valence-electron chi connectivity index (χ4n) is 1.91. The summed E-state index contributed by atoms with van der Waals surface area (Å²) in [7, 11) is 0. The maximum absolute atomic E-state index is 10.6. The zero-order chi connectivity index (χ0) is 15.2. The number of benzene rings is 1. The first kappa shape index (κ1) is 15.5. The molecule has 1 aromatic heterocycles. The lowest BCUT2D eigenvalue weighted by Crippen LogP contribution is -2.03. The van der Waals surface area contributed by atoms with Crippen molar-refractivity contribution >= 4 is 17.3 Å². The summed E-state index contributed by atoms with van der Waals surface area (Å²) in [6, 6.07) is 8.11. The summed E-state index contributed by atoms with van der Waals surface area (Å²) in [5, 5.41) is 11.4. The molecule has 4 nitrogen and oxygen atoms in total. The smallest absolute Gasteiger partial charge is 0.309 e. The summed E-state index contributed by atoms with van der Waals surface area (Å²) in [5.74, 6) is 0.511. The lowest BCUT2D eigenvalue weighted by atomic mass is 10.0. The fraction of sp³-hybridized carbons (Fsp3) is 0.375. The van der Waals surface area contributed by atoms with Crippen LogP contribution in [0.15, 0.2) is 29.6 Å². The zero-order valence-corrected chi connectivity index (χ0v) is 13.0. The molecule has 1 N–H and O–H groups in total. The van der Waals surface area contributed by atoms with Gasteiger partial charge in [0.2, 0.25) is 0 Å². The van der Waals surface area contributed by atoms with E-state index < -0.39 is 5.97 Å². The molecule has 0 spiro atoms. The standard InChI is InChI=1S/C16H19NO3S/c1-11(2)12-3-5-14(6-4-12)20-8-7-15-17-13(10-21-15)9-16(18)19/h3-6,10-11H,7-9H2,1-2H3,(H,18,19). The Morgan fingerprint density at radius 3 is 2.67 bits per heavy atom. The number of aliphatic carboxylic acids is 1. The van der Waals surface area contributed by atoms with E-state index in [2.05, 4.69) is 31.0 Å². The van der Waals surface area contributed by atoms with Gasteiger partial charge in [-0.05, 0) is 23.6 Å². The molecule has 0 aliphatic rings. The Hall–Kier alpha value is -1.88. The van der Waals surface area contributed by atoms with Crippen LogP contribution in [0.2, 0.25) is 0 Å². The van der Waals surface area contributed by atoms with Crippen molar-refractivity contribution in [2.45, 2.75) is 32.6 Å². The number of hydrogen-bond donors (Lipinski definition) is 1. The van der Waals surface area contributed by atoms with E-state index in [4.69, 9.17) is 9.84 Å². The predicted octanol–water partition coefficient (Wildman–Crippen LogP) is 3.52. The molecule has 0 radical (unpaired) electrons. The van der Waals surface area contributed by atoms with Crippen LogP contribution in [0.25, 0.3) is 0 Å². The third-order valence-electron chi connectivity index (χ3n) is 3.06. The molecule has 0 unspecified atom stereocenters. The quantitative estimate of drug-likeness (QED) is 0.850. The molecule has 1 aromatic carbocycles. The Balaban J connectivity index is 1.81. The molecule has 2 aromatic rings. The van der Waals surface area contributed by atoms with Gasteiger partial charge < -0.3 is 9.84 Å². The summed E-state index contributed by atoms with van der Waals surface area (Å²) >= 11 is 1.48. The summed E-state index contributed by atoms with van der Waals surface area (Å²) < 4.78 is 5.69. The Bertz CT molecular complexity index is 590. The van der Waals surface area contributed by atoms with Crippen LogP contribution in [0.3, 0.4) is 0 Å². The van der Waals surface area contributed by atoms with Gasteiger partial charge in [-0.2, -0.15) is 0 Å². The minimum absolute atomic E-state index is 0.0198. The number of aromatic nitrogens is 1. The number of carbonyl (C=O) groups is 1. The number of thiazole rings is 1. The molecular formula is C16H19NO3S. The van der Waals surface area contributed by atoms with E-state index in [9.17, 15) is 4.79 Å². The number of carboxylic acid groups (broad SMARTS) is 1. The van der Waals surface area contributed by atoms with E-state index in [-0.39, 0.29) is 6.42 Å². The molecule has 2 rings (SSSR count). The molecule has 0 atom stereocenters. The maximum atomic E-state index is 10.6. The van der Waals surface area contributed by atoms with Crippen molar-refractivity contribution in [2.24, 2.45) is 0 Å². The molecule has 0 fully saturated rings. The lowest BCUT2D eigenvalue weighted by molar-refractivity contribution is -0.136. The van der Waals surface area contributed by atoms with Gasteiger partial charge in [0.25, 0.3) is 0 Å². The molecule has 1 heterocycles. The normalized spacial score (nSPS) is 10.8. The van der Waals surface area contributed by atoms with Crippen molar-refractivity contribution in [3.05, 3.63) is 45.9 Å². The molecule has 21 heavy (non-hydrogen) atoms. The Labute approximate surface area is 128 Å². The Morgan fingerprint density at radius 2 is 2.05 bits per heavy atom. The second-order valence-electron chi connectivity index (χ2n) is 5.13. The van der Waals surface area contributed by atoms with Crippen LogP contribution in [-0.2, 0) is 17.6 Å². The molecule has 0 aliphatic carbocycles. The molecular weight excluding hydrogens is 286 g/mol. The molecule has 0 aliphatic heterocycles. The summed E-state index contributed by atoms with van der Waals surface area (Å²) in [5.41, 5.74) is 1.91. The first-order valence-electron chi connectivity index (χ1n) is 6.92. The van der Waals surface area contributed by atoms with Crippen LogP contribution < -0.4 is 4.74 Å². The molecule has 0 amide bonds. The number of carboxylic acids is 1. The summed E-state index contributed by atoms with van der Waals surface area (Å²) in [6.07, 6.45) is 0.671. The maximum Gasteiger partial charge on any atom is 0.309 e. The molecule has 112 valence electrons. The largest absolute Gasteiger partial charge is 0.493 e. The lowest BCUT2D eigenvalue weighted by Gasteiger charge is -2.08. The zero-order valence-electron chi connectivity index (χ0n) is 12.2. The molecule has 0 bridgehead atoms. The van der Waals surface area contributed by atoms with E-state index >= 15 is 0 Å². The van der Waals surface area contributed by atoms with Gasteiger partial charge in [0.1, 0.15) is 5.75 Å². The number of nitrogens with zero attached hydrogens (tertiary/aromatic N) is 1. The first-order chi connectivity index (χ1) is 10.0. The second-order valence-corrected chi connectivity index (χ2v) is 6.07. The average Bonchev–Trinajstić information content (AvgIpc) is 2.86. The molecule has 5 heteroatoms. The van der Waals surface area contributed by atoms with Crippen molar-refractivity contribution in [2.75, 3.05) is 6.61 Å². The second kappa shape index (κ2) is 7.22. The predicted molar refractivity (Wildman–Crippen MR) is 83.2 cm³/mol. The van der Waals surface area contributed by atoms with E-state index in [1.807, 2.05) is 12.1 Å². The number of ether oxygens (including phenoxy) is 1. The van der Waals surface area contributed by atoms with Crippen LogP contribution in [0.4, 0.5) is 0 Å². The van der Waals surface area contributed by atoms with Crippen molar-refractivity contribution in [3.63, 3.8) is 0 Å². The topological polar surface area (TPSA) is 59.4 Å². The highest BCUT2D eigenvalue weighted by Crippen LogP contribution is 2.19. The summed E-state index contributed by atoms with van der Waals surface area (Å²) in [6.45, 7) is 4.86. The van der Waals surface area contributed by atoms with Crippen molar-refractivity contribution in [1.29, 1.82) is 0 Å². The van der Waals surface area contributed by atoms with Gasteiger partial charge in [-0.3, -0.25) is 4.79 Å². The Kier molecular flexibility index (Phi) is 5.33. The third-order valence-corrected chi connectivity index (χ3v) is 4.02. The first-order valence-corrected chi connectivity index (χ1v) is 7.80. The minimum Gasteiger partial charge on any atom is -0.493 e. The van der Waals surface area contributed by atoms with Crippen molar-refractivity contribution in [3.8, 4) is 5.75 Å². The highest BCUT2D eigenvalue weighted by atomic mass is 32.1. The SMILES string of the molecule is CC(C)c1ccc(OCCc2nc(CC(=O)O)cs2)cc1. The van der Waals surface area contributed by atoms with Crippen LogP contribution >= 0.6 is 11.3 Å². The van der Waals surface area contributed by atoms with E-state index in [0.717, 1.165) is 10.8 Å². The van der Waals surface area contributed by atoms with Gasteiger partial charge in [-0.15, -0.1) is 11.3 Å². The van der Waals surface area contributed by atoms with Crippen LogP contribution in [-0.4, -0.2) is 22.7 Å². The third kappa shape index (κ3) is 4.86. The van der Waals surface area contributed by atoms with Gasteiger partial charge >= 0.3 is 5.97 Å². The van der Waals surface area contributed by atoms with E-state index in [0.29, 0.717) is 24.6 Å². The van der Waals surface area contributed by atoms with Gasteiger partial charge in [0.05, 0.1) is 23.7 Å².